The van der Waals surface area contributed by atoms with Crippen LogP contribution < -0.4 is 28.3 Å². The van der Waals surface area contributed by atoms with E-state index < -0.39 is 30.1 Å². The Bertz CT molecular complexity index is 790. The number of aliphatic imine (C=N–C) groups is 1. The maximum Gasteiger partial charge on any atom is 0.318 e. The highest BCUT2D eigenvalue weighted by molar-refractivity contribution is 5.87. The van der Waals surface area contributed by atoms with Gasteiger partial charge in [-0.2, -0.15) is 4.98 Å². The van der Waals surface area contributed by atoms with Crippen LogP contribution >= 0.6 is 0 Å². The topological polar surface area (TPSA) is 222 Å². The van der Waals surface area contributed by atoms with Crippen molar-refractivity contribution in [1.29, 1.82) is 0 Å². The fourth-order valence-corrected chi connectivity index (χ4v) is 3.27. The fraction of sp³-hybridized carbons (Fsp3) is 0.647. The molecule has 3 amide bonds. The van der Waals surface area contributed by atoms with E-state index in [2.05, 4.69) is 20.4 Å². The number of nitrogens with zero attached hydrogens (tertiary/aromatic N) is 4. The Balaban J connectivity index is 2.13. The minimum atomic E-state index is -0.821. The number of nitrogens with one attached hydrogen (secondary N) is 1. The summed E-state index contributed by atoms with van der Waals surface area (Å²) in [5.41, 5.74) is 21.7. The number of carbonyl (C=O) groups excluding carboxylic acids is 3. The average molecular weight is 423 g/mol. The molecule has 1 fully saturated rings. The lowest BCUT2D eigenvalue weighted by Gasteiger charge is -2.25. The molecule has 0 bridgehead atoms. The number of carbonyl (C=O) groups is 3. The lowest BCUT2D eigenvalue weighted by atomic mass is 10.1. The van der Waals surface area contributed by atoms with Crippen LogP contribution in [0.2, 0.25) is 0 Å². The average Bonchev–Trinajstić information content (AvgIpc) is 3.32. The van der Waals surface area contributed by atoms with Gasteiger partial charge in [-0.1, -0.05) is 5.16 Å². The SMILES string of the molecule is CC(=O)C1CCCN1C(=O)N[C@@H](CCCN=C(N)N)c1nc([C@@H](N)CC(N)=O)no1. The van der Waals surface area contributed by atoms with Crippen LogP contribution in [0.15, 0.2) is 9.52 Å². The second kappa shape index (κ2) is 10.5. The van der Waals surface area contributed by atoms with Gasteiger partial charge >= 0.3 is 6.03 Å². The minimum Gasteiger partial charge on any atom is -0.370 e. The molecule has 0 aromatic carbocycles. The van der Waals surface area contributed by atoms with Crippen molar-refractivity contribution in [2.45, 2.75) is 57.2 Å². The first-order valence-corrected chi connectivity index (χ1v) is 9.69. The molecule has 1 aliphatic heterocycles. The molecule has 3 atom stereocenters. The molecule has 1 aromatic rings. The standard InChI is InChI=1S/C17H29N9O4/c1-9(27)12-5-3-7-26(12)17(29)23-11(4-2-6-22-16(20)21)15-24-14(25-30-15)10(18)8-13(19)28/h10-12H,2-8,18H2,1H3,(H2,19,28)(H,23,29)(H4,20,21,22)/t10-,11-,12?/m0/s1. The Morgan fingerprint density at radius 2 is 2.07 bits per heavy atom. The van der Waals surface area contributed by atoms with Crippen LogP contribution in [-0.4, -0.2) is 57.9 Å². The van der Waals surface area contributed by atoms with Crippen molar-refractivity contribution in [1.82, 2.24) is 20.4 Å². The number of ketones is 1. The van der Waals surface area contributed by atoms with Crippen LogP contribution in [0.1, 0.15) is 62.8 Å². The summed E-state index contributed by atoms with van der Waals surface area (Å²) in [5, 5.41) is 6.63. The monoisotopic (exact) mass is 423 g/mol. The predicted molar refractivity (Wildman–Crippen MR) is 107 cm³/mol. The van der Waals surface area contributed by atoms with Crippen molar-refractivity contribution < 1.29 is 18.9 Å². The number of guanidine groups is 1. The van der Waals surface area contributed by atoms with Crippen LogP contribution in [0.4, 0.5) is 4.79 Å². The van der Waals surface area contributed by atoms with E-state index in [4.69, 9.17) is 27.5 Å². The number of urea groups is 1. The maximum absolute atomic E-state index is 12.8. The van der Waals surface area contributed by atoms with Gasteiger partial charge in [0, 0.05) is 19.5 Å². The van der Waals surface area contributed by atoms with Crippen molar-refractivity contribution in [2.24, 2.45) is 27.9 Å². The van der Waals surface area contributed by atoms with Gasteiger partial charge in [-0.05, 0) is 32.6 Å². The first kappa shape index (κ1) is 23.1. The number of likely N-dealkylation sites (tertiary alicyclic amines) is 1. The summed E-state index contributed by atoms with van der Waals surface area (Å²) in [7, 11) is 0. The number of nitrogens with two attached hydrogens (primary N) is 4. The first-order chi connectivity index (χ1) is 14.2. The lowest BCUT2D eigenvalue weighted by Crippen LogP contribution is -2.46. The van der Waals surface area contributed by atoms with Crippen molar-refractivity contribution in [3.8, 4) is 0 Å². The normalized spacial score (nSPS) is 17.9. The molecule has 0 spiro atoms. The summed E-state index contributed by atoms with van der Waals surface area (Å²) >= 11 is 0. The van der Waals surface area contributed by atoms with Crippen molar-refractivity contribution >= 4 is 23.7 Å². The third-order valence-electron chi connectivity index (χ3n) is 4.73. The number of Topliss-reactive ketones (excluding diaryl/α,β-unsaturated/α-hetero) is 1. The van der Waals surface area contributed by atoms with Crippen LogP contribution in [-0.2, 0) is 9.59 Å². The zero-order valence-corrected chi connectivity index (χ0v) is 16.9. The number of rotatable bonds is 10. The van der Waals surface area contributed by atoms with Crippen molar-refractivity contribution in [3.63, 3.8) is 0 Å². The third kappa shape index (κ3) is 6.40. The van der Waals surface area contributed by atoms with Crippen LogP contribution in [0, 0.1) is 0 Å². The highest BCUT2D eigenvalue weighted by atomic mass is 16.5. The van der Waals surface area contributed by atoms with Crippen molar-refractivity contribution in [3.05, 3.63) is 11.7 Å². The molecule has 2 rings (SSSR count). The van der Waals surface area contributed by atoms with E-state index in [1.807, 2.05) is 0 Å². The van der Waals surface area contributed by atoms with E-state index in [0.717, 1.165) is 6.42 Å². The maximum atomic E-state index is 12.8. The smallest absolute Gasteiger partial charge is 0.318 e. The Morgan fingerprint density at radius 3 is 2.70 bits per heavy atom. The molecule has 13 nitrogen and oxygen atoms in total. The highest BCUT2D eigenvalue weighted by Crippen LogP contribution is 2.23. The lowest BCUT2D eigenvalue weighted by molar-refractivity contribution is -0.120. The van der Waals surface area contributed by atoms with Gasteiger partial charge in [0.05, 0.1) is 12.1 Å². The summed E-state index contributed by atoms with van der Waals surface area (Å²) < 4.78 is 5.27. The summed E-state index contributed by atoms with van der Waals surface area (Å²) in [5.74, 6) is -0.462. The van der Waals surface area contributed by atoms with E-state index in [1.54, 1.807) is 0 Å². The van der Waals surface area contributed by atoms with E-state index in [1.165, 1.54) is 11.8 Å². The minimum absolute atomic E-state index is 0.0329. The van der Waals surface area contributed by atoms with Gasteiger partial charge in [-0.15, -0.1) is 0 Å². The molecule has 0 radical (unpaired) electrons. The van der Waals surface area contributed by atoms with Crippen LogP contribution in [0.25, 0.3) is 0 Å². The summed E-state index contributed by atoms with van der Waals surface area (Å²) in [6.07, 6.45) is 2.15. The number of hydrogen-bond acceptors (Lipinski definition) is 8. The Hall–Kier alpha value is -3.22. The summed E-state index contributed by atoms with van der Waals surface area (Å²) in [4.78, 5) is 45.3. The van der Waals surface area contributed by atoms with Gasteiger partial charge in [-0.3, -0.25) is 14.6 Å². The van der Waals surface area contributed by atoms with E-state index >= 15 is 0 Å². The number of aromatic nitrogens is 2. The fourth-order valence-electron chi connectivity index (χ4n) is 3.27. The molecule has 1 aliphatic rings. The summed E-state index contributed by atoms with van der Waals surface area (Å²) in [6, 6.07) is -2.32. The molecule has 0 aliphatic carbocycles. The third-order valence-corrected chi connectivity index (χ3v) is 4.73. The number of hydrogen-bond donors (Lipinski definition) is 5. The Kier molecular flexibility index (Phi) is 8.09. The van der Waals surface area contributed by atoms with Gasteiger partial charge in [0.1, 0.15) is 6.04 Å². The first-order valence-electron chi connectivity index (χ1n) is 9.69. The van der Waals surface area contributed by atoms with Gasteiger partial charge in [0.15, 0.2) is 17.6 Å². The number of amides is 3. The van der Waals surface area contributed by atoms with Crippen LogP contribution in [0.3, 0.4) is 0 Å². The van der Waals surface area contributed by atoms with E-state index in [-0.39, 0.29) is 29.9 Å². The van der Waals surface area contributed by atoms with E-state index in [0.29, 0.717) is 32.4 Å². The predicted octanol–water partition coefficient (Wildman–Crippen LogP) is -1.20. The molecule has 1 saturated heterocycles. The van der Waals surface area contributed by atoms with Crippen LogP contribution in [0.5, 0.6) is 0 Å². The van der Waals surface area contributed by atoms with Gasteiger partial charge in [0.25, 0.3) is 0 Å². The zero-order valence-electron chi connectivity index (χ0n) is 16.9. The molecule has 1 aromatic heterocycles. The Morgan fingerprint density at radius 1 is 1.33 bits per heavy atom. The number of primary amides is 1. The van der Waals surface area contributed by atoms with E-state index in [9.17, 15) is 14.4 Å². The van der Waals surface area contributed by atoms with Gasteiger partial charge in [0.2, 0.25) is 11.8 Å². The quantitative estimate of drug-likeness (QED) is 0.173. The molecular formula is C17H29N9O4. The molecular weight excluding hydrogens is 394 g/mol. The second-order valence-electron chi connectivity index (χ2n) is 7.18. The molecule has 166 valence electrons. The van der Waals surface area contributed by atoms with Gasteiger partial charge in [-0.25, -0.2) is 4.79 Å². The molecule has 1 unspecified atom stereocenters. The Labute approximate surface area is 173 Å². The van der Waals surface area contributed by atoms with Gasteiger partial charge < -0.3 is 37.7 Å². The molecule has 2 heterocycles. The molecule has 30 heavy (non-hydrogen) atoms. The molecule has 9 N–H and O–H groups in total. The zero-order chi connectivity index (χ0) is 22.3. The largest absolute Gasteiger partial charge is 0.370 e. The second-order valence-corrected chi connectivity index (χ2v) is 7.18. The molecule has 0 saturated carbocycles. The summed E-state index contributed by atoms with van der Waals surface area (Å²) in [6.45, 7) is 2.29. The van der Waals surface area contributed by atoms with Crippen molar-refractivity contribution in [2.75, 3.05) is 13.1 Å². The highest BCUT2D eigenvalue weighted by Gasteiger charge is 2.34. The molecule has 13 heteroatoms.